The minimum absolute atomic E-state index is 0.0190. The molecule has 0 aromatic rings. The number of amides is 1. The molecule has 0 saturated heterocycles. The van der Waals surface area contributed by atoms with Crippen molar-refractivity contribution >= 4 is 11.9 Å². The molecule has 2 atom stereocenters. The molecule has 6 heteroatoms. The van der Waals surface area contributed by atoms with Gasteiger partial charge in [0.1, 0.15) is 0 Å². The lowest BCUT2D eigenvalue weighted by Gasteiger charge is -2.22. The van der Waals surface area contributed by atoms with Crippen LogP contribution in [0.3, 0.4) is 0 Å². The highest BCUT2D eigenvalue weighted by Gasteiger charge is 2.20. The number of esters is 1. The Morgan fingerprint density at radius 2 is 0.625 bits per heavy atom. The van der Waals surface area contributed by atoms with Gasteiger partial charge in [-0.25, -0.2) is 0 Å². The summed E-state index contributed by atoms with van der Waals surface area (Å²) in [6.07, 6.45) is 88.2. The van der Waals surface area contributed by atoms with Crippen LogP contribution in [0.15, 0.2) is 24.3 Å². The van der Waals surface area contributed by atoms with Gasteiger partial charge in [-0.2, -0.15) is 0 Å². The monoisotopic (exact) mass is 1130 g/mol. The quantitative estimate of drug-likeness (QED) is 0.0320. The van der Waals surface area contributed by atoms with Crippen molar-refractivity contribution in [1.82, 2.24) is 5.32 Å². The molecule has 0 spiro atoms. The van der Waals surface area contributed by atoms with E-state index in [1.165, 1.54) is 334 Å². The lowest BCUT2D eigenvalue weighted by atomic mass is 10.0. The van der Waals surface area contributed by atoms with Gasteiger partial charge in [-0.05, 0) is 57.8 Å². The van der Waals surface area contributed by atoms with Gasteiger partial charge in [0.2, 0.25) is 5.91 Å². The smallest absolute Gasteiger partial charge is 0.305 e. The predicted octanol–water partition coefficient (Wildman–Crippen LogP) is 23.7. The van der Waals surface area contributed by atoms with E-state index in [1.807, 2.05) is 0 Å². The Kier molecular flexibility index (Phi) is 68.4. The molecule has 0 fully saturated rings. The summed E-state index contributed by atoms with van der Waals surface area (Å²) >= 11 is 0. The zero-order chi connectivity index (χ0) is 57.8. The maximum Gasteiger partial charge on any atom is 0.305 e. The summed E-state index contributed by atoms with van der Waals surface area (Å²) in [5.41, 5.74) is 0. The third-order valence-corrected chi connectivity index (χ3v) is 17.3. The number of ether oxygens (including phenoxy) is 1. The molecule has 0 aromatic carbocycles. The molecule has 0 aliphatic carbocycles. The second-order valence-electron chi connectivity index (χ2n) is 25.3. The number of aliphatic hydroxyl groups is 2. The molecule has 0 bridgehead atoms. The number of carbonyl (C=O) groups excluding carboxylic acids is 2. The summed E-state index contributed by atoms with van der Waals surface area (Å²) in [4.78, 5) is 24.6. The molecule has 0 aromatic heterocycles. The fraction of sp³-hybridized carbons (Fsp3) is 0.919. The van der Waals surface area contributed by atoms with Crippen LogP contribution in [0.4, 0.5) is 0 Å². The van der Waals surface area contributed by atoms with Gasteiger partial charge in [0, 0.05) is 12.8 Å². The second kappa shape index (κ2) is 69.8. The first kappa shape index (κ1) is 78.3. The first-order valence-corrected chi connectivity index (χ1v) is 36.6. The van der Waals surface area contributed by atoms with E-state index >= 15 is 0 Å². The summed E-state index contributed by atoms with van der Waals surface area (Å²) < 4.78 is 5.49. The van der Waals surface area contributed by atoms with Gasteiger partial charge in [0.25, 0.3) is 0 Å². The molecule has 80 heavy (non-hydrogen) atoms. The van der Waals surface area contributed by atoms with Crippen LogP contribution in [0.25, 0.3) is 0 Å². The first-order chi connectivity index (χ1) is 39.5. The molecule has 0 radical (unpaired) electrons. The van der Waals surface area contributed by atoms with E-state index in [0.717, 1.165) is 44.9 Å². The summed E-state index contributed by atoms with van der Waals surface area (Å²) in [6, 6.07) is -0.539. The average molecular weight is 1130 g/mol. The van der Waals surface area contributed by atoms with Crippen LogP contribution in [-0.4, -0.2) is 47.4 Å². The number of allylic oxidation sites excluding steroid dienone is 4. The molecule has 6 nitrogen and oxygen atoms in total. The Labute approximate surface area is 501 Å². The van der Waals surface area contributed by atoms with Gasteiger partial charge in [0.05, 0.1) is 25.4 Å². The molecular weight excluding hydrogens is 983 g/mol. The highest BCUT2D eigenvalue weighted by molar-refractivity contribution is 5.76. The Morgan fingerprint density at radius 3 is 0.950 bits per heavy atom. The minimum atomic E-state index is -0.662. The molecule has 0 rings (SSSR count). The molecule has 0 aliphatic heterocycles. The fourth-order valence-corrected chi connectivity index (χ4v) is 11.7. The molecule has 474 valence electrons. The van der Waals surface area contributed by atoms with Crippen molar-refractivity contribution in [2.45, 2.75) is 424 Å². The van der Waals surface area contributed by atoms with Crippen LogP contribution >= 0.6 is 0 Å². The summed E-state index contributed by atoms with van der Waals surface area (Å²) in [5, 5.41) is 23.3. The van der Waals surface area contributed by atoms with Crippen LogP contribution in [-0.2, 0) is 14.3 Å². The second-order valence-corrected chi connectivity index (χ2v) is 25.3. The number of nitrogens with one attached hydrogen (secondary N) is 1. The van der Waals surface area contributed by atoms with Gasteiger partial charge >= 0.3 is 5.97 Å². The van der Waals surface area contributed by atoms with Gasteiger partial charge in [-0.1, -0.05) is 366 Å². The van der Waals surface area contributed by atoms with Crippen molar-refractivity contribution in [3.8, 4) is 0 Å². The number of hydrogen-bond donors (Lipinski definition) is 3. The number of carbonyl (C=O) groups is 2. The summed E-state index contributed by atoms with van der Waals surface area (Å²) in [5.74, 6) is -0.0105. The van der Waals surface area contributed by atoms with Gasteiger partial charge in [-0.15, -0.1) is 0 Å². The van der Waals surface area contributed by atoms with Gasteiger partial charge in [-0.3, -0.25) is 9.59 Å². The lowest BCUT2D eigenvalue weighted by molar-refractivity contribution is -0.143. The van der Waals surface area contributed by atoms with E-state index < -0.39 is 12.1 Å². The van der Waals surface area contributed by atoms with Crippen molar-refractivity contribution in [3.63, 3.8) is 0 Å². The SMILES string of the molecule is CCCCCCCCCCCCCCCCCC(O)C(CO)NC(=O)CCCCCCCCCCCCCCCCCCC/C=C\C/C=C\CCCCCCCCCCCCCOC(=O)CCCCCCCCCCCCCCC. The summed E-state index contributed by atoms with van der Waals surface area (Å²) in [7, 11) is 0. The van der Waals surface area contributed by atoms with E-state index in [4.69, 9.17) is 4.74 Å². The van der Waals surface area contributed by atoms with Crippen LogP contribution in [0.5, 0.6) is 0 Å². The van der Waals surface area contributed by atoms with E-state index in [2.05, 4.69) is 43.5 Å². The molecule has 1 amide bonds. The van der Waals surface area contributed by atoms with Crippen molar-refractivity contribution in [3.05, 3.63) is 24.3 Å². The van der Waals surface area contributed by atoms with Crippen molar-refractivity contribution < 1.29 is 24.5 Å². The highest BCUT2D eigenvalue weighted by atomic mass is 16.5. The largest absolute Gasteiger partial charge is 0.466 e. The predicted molar refractivity (Wildman–Crippen MR) is 352 cm³/mol. The van der Waals surface area contributed by atoms with Crippen LogP contribution in [0.2, 0.25) is 0 Å². The van der Waals surface area contributed by atoms with Gasteiger partial charge in [0.15, 0.2) is 0 Å². The maximum atomic E-state index is 12.5. The Balaban J connectivity index is 3.36. The molecule has 3 N–H and O–H groups in total. The Bertz CT molecular complexity index is 1250. The van der Waals surface area contributed by atoms with Crippen LogP contribution in [0.1, 0.15) is 412 Å². The minimum Gasteiger partial charge on any atom is -0.466 e. The standard InChI is InChI=1S/C74H143NO5/c1-3-5-7-9-11-13-15-17-39-43-46-50-54-58-62-66-72(77)71(70-76)75-73(78)67-63-59-55-51-47-44-40-37-35-33-31-29-27-25-23-21-19-18-20-22-24-26-28-30-32-34-36-38-41-45-49-53-57-61-65-69-80-74(79)68-64-60-56-52-48-42-16-14-12-10-8-6-4-2/h20,22,26,28,71-72,76-77H,3-19,21,23-25,27,29-70H2,1-2H3,(H,75,78)/b22-20-,28-26-. The van der Waals surface area contributed by atoms with Crippen molar-refractivity contribution in [1.29, 1.82) is 0 Å². The molecular formula is C74H143NO5. The topological polar surface area (TPSA) is 95.9 Å². The Morgan fingerprint density at radius 1 is 0.350 bits per heavy atom. The van der Waals surface area contributed by atoms with E-state index in [-0.39, 0.29) is 18.5 Å². The molecule has 0 aliphatic rings. The molecule has 2 unspecified atom stereocenters. The van der Waals surface area contributed by atoms with E-state index in [0.29, 0.717) is 25.9 Å². The fourth-order valence-electron chi connectivity index (χ4n) is 11.7. The van der Waals surface area contributed by atoms with E-state index in [9.17, 15) is 19.8 Å². The van der Waals surface area contributed by atoms with Gasteiger partial charge < -0.3 is 20.3 Å². The lowest BCUT2D eigenvalue weighted by Crippen LogP contribution is -2.45. The average Bonchev–Trinajstić information content (AvgIpc) is 3.46. The van der Waals surface area contributed by atoms with Crippen LogP contribution < -0.4 is 5.32 Å². The normalized spacial score (nSPS) is 12.6. The Hall–Kier alpha value is -1.66. The third kappa shape index (κ3) is 65.5. The molecule has 0 saturated carbocycles. The maximum absolute atomic E-state index is 12.5. The first-order valence-electron chi connectivity index (χ1n) is 36.6. The molecule has 0 heterocycles. The summed E-state index contributed by atoms with van der Waals surface area (Å²) in [6.45, 7) is 4.99. The van der Waals surface area contributed by atoms with Crippen molar-refractivity contribution in [2.75, 3.05) is 13.2 Å². The number of aliphatic hydroxyl groups excluding tert-OH is 2. The zero-order valence-electron chi connectivity index (χ0n) is 54.3. The number of unbranched alkanes of at least 4 members (excludes halogenated alkanes) is 54. The number of rotatable bonds is 69. The zero-order valence-corrected chi connectivity index (χ0v) is 54.3. The van der Waals surface area contributed by atoms with Crippen LogP contribution in [0, 0.1) is 0 Å². The van der Waals surface area contributed by atoms with Crippen molar-refractivity contribution in [2.24, 2.45) is 0 Å². The number of hydrogen-bond acceptors (Lipinski definition) is 5. The highest BCUT2D eigenvalue weighted by Crippen LogP contribution is 2.19. The van der Waals surface area contributed by atoms with E-state index in [1.54, 1.807) is 0 Å². The third-order valence-electron chi connectivity index (χ3n) is 17.3.